The van der Waals surface area contributed by atoms with Gasteiger partial charge in [-0.1, -0.05) is 84.9 Å². The SMILES string of the molecule is CN(c1ccccc1)c1cccc(N(C)c2ccccc2)c1-c1cccc2ccccc12. The molecule has 5 rings (SSSR count). The molecule has 2 nitrogen and oxygen atoms in total. The Kier molecular flexibility index (Phi) is 5.35. The monoisotopic (exact) mass is 414 g/mol. The summed E-state index contributed by atoms with van der Waals surface area (Å²) in [6.07, 6.45) is 0. The van der Waals surface area contributed by atoms with Gasteiger partial charge in [-0.15, -0.1) is 0 Å². The van der Waals surface area contributed by atoms with E-state index in [0.717, 1.165) is 11.4 Å². The normalized spacial score (nSPS) is 10.8. The molecular weight excluding hydrogens is 388 g/mol. The molecule has 0 heterocycles. The Morgan fingerprint density at radius 2 is 0.906 bits per heavy atom. The Morgan fingerprint density at radius 3 is 1.50 bits per heavy atom. The molecule has 0 unspecified atom stereocenters. The van der Waals surface area contributed by atoms with Crippen LogP contribution in [-0.2, 0) is 0 Å². The van der Waals surface area contributed by atoms with Gasteiger partial charge in [0.25, 0.3) is 0 Å². The minimum Gasteiger partial charge on any atom is -0.344 e. The van der Waals surface area contributed by atoms with Gasteiger partial charge >= 0.3 is 0 Å². The molecule has 0 aliphatic carbocycles. The third kappa shape index (κ3) is 3.61. The van der Waals surface area contributed by atoms with Crippen molar-refractivity contribution in [1.29, 1.82) is 0 Å². The van der Waals surface area contributed by atoms with Gasteiger partial charge < -0.3 is 9.80 Å². The van der Waals surface area contributed by atoms with Crippen molar-refractivity contribution in [3.8, 4) is 11.1 Å². The molecule has 0 fully saturated rings. The highest BCUT2D eigenvalue weighted by molar-refractivity contribution is 6.04. The van der Waals surface area contributed by atoms with Gasteiger partial charge in [0.15, 0.2) is 0 Å². The van der Waals surface area contributed by atoms with E-state index in [1.807, 2.05) is 0 Å². The minimum atomic E-state index is 1.16. The zero-order valence-corrected chi connectivity index (χ0v) is 18.4. The molecule has 5 aromatic rings. The van der Waals surface area contributed by atoms with Crippen LogP contribution >= 0.6 is 0 Å². The number of nitrogens with zero attached hydrogens (tertiary/aromatic N) is 2. The molecule has 0 amide bonds. The fourth-order valence-corrected chi connectivity index (χ4v) is 4.39. The lowest BCUT2D eigenvalue weighted by Gasteiger charge is -2.29. The second kappa shape index (κ2) is 8.60. The Balaban J connectivity index is 1.79. The first-order valence-corrected chi connectivity index (χ1v) is 10.9. The topological polar surface area (TPSA) is 6.48 Å². The molecule has 32 heavy (non-hydrogen) atoms. The second-order valence-electron chi connectivity index (χ2n) is 7.99. The van der Waals surface area contributed by atoms with Crippen molar-refractivity contribution in [3.63, 3.8) is 0 Å². The highest BCUT2D eigenvalue weighted by atomic mass is 15.1. The molecule has 5 aromatic carbocycles. The summed E-state index contributed by atoms with van der Waals surface area (Å²) in [5.74, 6) is 0. The average Bonchev–Trinajstić information content (AvgIpc) is 2.88. The van der Waals surface area contributed by atoms with Crippen LogP contribution in [0.5, 0.6) is 0 Å². The van der Waals surface area contributed by atoms with Crippen molar-refractivity contribution in [2.24, 2.45) is 0 Å². The first kappa shape index (κ1) is 19.9. The van der Waals surface area contributed by atoms with Gasteiger partial charge in [-0.2, -0.15) is 0 Å². The van der Waals surface area contributed by atoms with Crippen molar-refractivity contribution < 1.29 is 0 Å². The molecule has 0 radical (unpaired) electrons. The van der Waals surface area contributed by atoms with Crippen LogP contribution in [0.3, 0.4) is 0 Å². The third-order valence-electron chi connectivity index (χ3n) is 6.09. The number of benzene rings is 5. The fourth-order valence-electron chi connectivity index (χ4n) is 4.39. The molecule has 2 heteroatoms. The van der Waals surface area contributed by atoms with E-state index in [9.17, 15) is 0 Å². The molecule has 156 valence electrons. The smallest absolute Gasteiger partial charge is 0.0509 e. The Morgan fingerprint density at radius 1 is 0.438 bits per heavy atom. The maximum absolute atomic E-state index is 2.28. The standard InChI is InChI=1S/C30H26N2/c1-31(24-15-5-3-6-16-24)28-21-12-22-29(32(2)25-17-7-4-8-18-25)30(28)27-20-11-14-23-13-9-10-19-26(23)27/h3-22H,1-2H3. The van der Waals surface area contributed by atoms with Gasteiger partial charge in [0.1, 0.15) is 0 Å². The van der Waals surface area contributed by atoms with Crippen LogP contribution in [0.4, 0.5) is 22.7 Å². The Bertz CT molecular complexity index is 1270. The molecule has 0 aliphatic rings. The first-order valence-electron chi connectivity index (χ1n) is 10.9. The van der Waals surface area contributed by atoms with E-state index in [4.69, 9.17) is 0 Å². The van der Waals surface area contributed by atoms with Gasteiger partial charge in [0.05, 0.1) is 11.4 Å². The second-order valence-corrected chi connectivity index (χ2v) is 7.99. The van der Waals surface area contributed by atoms with E-state index in [0.29, 0.717) is 0 Å². The van der Waals surface area contributed by atoms with Crippen LogP contribution in [0.1, 0.15) is 0 Å². The molecule has 0 spiro atoms. The third-order valence-corrected chi connectivity index (χ3v) is 6.09. The van der Waals surface area contributed by atoms with Crippen LogP contribution in [0, 0.1) is 0 Å². The quantitative estimate of drug-likeness (QED) is 0.287. The summed E-state index contributed by atoms with van der Waals surface area (Å²) >= 11 is 0. The lowest BCUT2D eigenvalue weighted by Crippen LogP contribution is -2.15. The molecule has 0 aromatic heterocycles. The minimum absolute atomic E-state index is 1.16. The Hall–Kier alpha value is -4.04. The van der Waals surface area contributed by atoms with Crippen molar-refractivity contribution >= 4 is 33.5 Å². The number of para-hydroxylation sites is 2. The van der Waals surface area contributed by atoms with Crippen molar-refractivity contribution in [1.82, 2.24) is 0 Å². The zero-order valence-electron chi connectivity index (χ0n) is 18.4. The van der Waals surface area contributed by atoms with Crippen LogP contribution in [0.25, 0.3) is 21.9 Å². The molecular formula is C30H26N2. The first-order chi connectivity index (χ1) is 15.7. The van der Waals surface area contributed by atoms with E-state index in [2.05, 4.69) is 145 Å². The molecule has 0 saturated carbocycles. The fraction of sp³-hybridized carbons (Fsp3) is 0.0667. The van der Waals surface area contributed by atoms with Gasteiger partial charge in [-0.25, -0.2) is 0 Å². The van der Waals surface area contributed by atoms with Crippen LogP contribution in [-0.4, -0.2) is 14.1 Å². The summed E-state index contributed by atoms with van der Waals surface area (Å²) in [6, 6.07) is 42.9. The number of fused-ring (bicyclic) bond motifs is 1. The lowest BCUT2D eigenvalue weighted by molar-refractivity contribution is 1.18. The van der Waals surface area contributed by atoms with Gasteiger partial charge in [0, 0.05) is 31.0 Å². The summed E-state index contributed by atoms with van der Waals surface area (Å²) in [5, 5.41) is 2.50. The molecule has 0 saturated heterocycles. The number of hydrogen-bond acceptors (Lipinski definition) is 2. The summed E-state index contributed by atoms with van der Waals surface area (Å²) < 4.78 is 0. The number of rotatable bonds is 5. The largest absolute Gasteiger partial charge is 0.344 e. The Labute approximate surface area is 190 Å². The van der Waals surface area contributed by atoms with Crippen molar-refractivity contribution in [2.75, 3.05) is 23.9 Å². The maximum Gasteiger partial charge on any atom is 0.0509 e. The lowest BCUT2D eigenvalue weighted by atomic mass is 9.94. The molecule has 0 N–H and O–H groups in total. The summed E-state index contributed by atoms with van der Waals surface area (Å²) in [7, 11) is 4.29. The van der Waals surface area contributed by atoms with E-state index in [1.54, 1.807) is 0 Å². The zero-order chi connectivity index (χ0) is 21.9. The molecule has 0 aliphatic heterocycles. The van der Waals surface area contributed by atoms with Gasteiger partial charge in [-0.3, -0.25) is 0 Å². The number of anilines is 4. The summed E-state index contributed by atoms with van der Waals surface area (Å²) in [4.78, 5) is 4.55. The summed E-state index contributed by atoms with van der Waals surface area (Å²) in [5.41, 5.74) is 7.13. The van der Waals surface area contributed by atoms with Crippen molar-refractivity contribution in [2.45, 2.75) is 0 Å². The molecule has 0 atom stereocenters. The van der Waals surface area contributed by atoms with Gasteiger partial charge in [0.2, 0.25) is 0 Å². The van der Waals surface area contributed by atoms with Crippen LogP contribution in [0.15, 0.2) is 121 Å². The highest BCUT2D eigenvalue weighted by Crippen LogP contribution is 2.44. The van der Waals surface area contributed by atoms with Crippen LogP contribution < -0.4 is 9.80 Å². The van der Waals surface area contributed by atoms with Gasteiger partial charge in [-0.05, 0) is 52.7 Å². The predicted molar refractivity (Wildman–Crippen MR) is 138 cm³/mol. The van der Waals surface area contributed by atoms with E-state index < -0.39 is 0 Å². The number of hydrogen-bond donors (Lipinski definition) is 0. The van der Waals surface area contributed by atoms with Crippen LogP contribution in [0.2, 0.25) is 0 Å². The highest BCUT2D eigenvalue weighted by Gasteiger charge is 2.19. The predicted octanol–water partition coefficient (Wildman–Crippen LogP) is 8.04. The van der Waals surface area contributed by atoms with E-state index >= 15 is 0 Å². The molecule has 0 bridgehead atoms. The average molecular weight is 415 g/mol. The maximum atomic E-state index is 2.28. The van der Waals surface area contributed by atoms with Crippen molar-refractivity contribution in [3.05, 3.63) is 121 Å². The summed E-state index contributed by atoms with van der Waals surface area (Å²) in [6.45, 7) is 0. The van der Waals surface area contributed by atoms with E-state index in [-0.39, 0.29) is 0 Å². The van der Waals surface area contributed by atoms with E-state index in [1.165, 1.54) is 33.3 Å².